The van der Waals surface area contributed by atoms with E-state index in [0.717, 1.165) is 12.8 Å². The van der Waals surface area contributed by atoms with E-state index >= 15 is 0 Å². The Morgan fingerprint density at radius 3 is 1.18 bits per heavy atom. The first kappa shape index (κ1) is 18.1. The van der Waals surface area contributed by atoms with E-state index < -0.39 is 0 Å². The van der Waals surface area contributed by atoms with Gasteiger partial charge in [-0.2, -0.15) is 0 Å². The van der Waals surface area contributed by atoms with Crippen LogP contribution in [0.25, 0.3) is 0 Å². The summed E-state index contributed by atoms with van der Waals surface area (Å²) in [5.74, 6) is 0.704. The monoisotopic (exact) mass is 300 g/mol. The third-order valence-corrected chi connectivity index (χ3v) is 3.51. The van der Waals surface area contributed by atoms with Crippen LogP contribution in [-0.2, 0) is 12.8 Å². The zero-order valence-electron chi connectivity index (χ0n) is 13.8. The molecule has 0 heterocycles. The highest BCUT2D eigenvalue weighted by atomic mass is 16.3. The Balaban J connectivity index is 0.000000220. The summed E-state index contributed by atoms with van der Waals surface area (Å²) < 4.78 is 0. The van der Waals surface area contributed by atoms with Crippen LogP contribution in [0.5, 0.6) is 11.5 Å². The van der Waals surface area contributed by atoms with Crippen molar-refractivity contribution in [2.75, 3.05) is 0 Å². The lowest BCUT2D eigenvalue weighted by molar-refractivity contribution is 0.474. The first-order chi connectivity index (χ1) is 10.7. The number of benzene rings is 2. The van der Waals surface area contributed by atoms with E-state index in [2.05, 4.69) is 13.8 Å². The molecule has 120 valence electrons. The Hall–Kier alpha value is -1.96. The number of phenols is 2. The fraction of sp³-hybridized carbons (Fsp3) is 0.400. The number of aryl methyl sites for hydroxylation is 2. The van der Waals surface area contributed by atoms with Crippen molar-refractivity contribution in [2.45, 2.75) is 52.4 Å². The second-order valence-electron chi connectivity index (χ2n) is 5.54. The van der Waals surface area contributed by atoms with Gasteiger partial charge in [-0.05, 0) is 61.1 Å². The SMILES string of the molecule is CCCCc1ccc(O)cc1.CCCCc1ccc(O)cc1. The second kappa shape index (κ2) is 10.7. The normalized spacial score (nSPS) is 9.91. The number of rotatable bonds is 6. The molecule has 0 fully saturated rings. The average Bonchev–Trinajstić information content (AvgIpc) is 2.54. The topological polar surface area (TPSA) is 40.5 Å². The van der Waals surface area contributed by atoms with Crippen LogP contribution in [0.15, 0.2) is 48.5 Å². The van der Waals surface area contributed by atoms with Crippen molar-refractivity contribution >= 4 is 0 Å². The van der Waals surface area contributed by atoms with Gasteiger partial charge in [0.05, 0.1) is 0 Å². The Bertz CT molecular complexity index is 451. The lowest BCUT2D eigenvalue weighted by Crippen LogP contribution is -1.82. The molecule has 0 radical (unpaired) electrons. The molecule has 0 spiro atoms. The molecule has 0 saturated heterocycles. The standard InChI is InChI=1S/2C10H14O/c2*1-2-3-4-9-5-7-10(11)8-6-9/h2*5-8,11H,2-4H2,1H3. The lowest BCUT2D eigenvalue weighted by atomic mass is 10.1. The predicted molar refractivity (Wildman–Crippen MR) is 93.4 cm³/mol. The summed E-state index contributed by atoms with van der Waals surface area (Å²) in [5.41, 5.74) is 2.62. The van der Waals surface area contributed by atoms with Crippen molar-refractivity contribution in [3.63, 3.8) is 0 Å². The maximum atomic E-state index is 8.98. The van der Waals surface area contributed by atoms with Gasteiger partial charge in [-0.25, -0.2) is 0 Å². The number of phenolic OH excluding ortho intramolecular Hbond substituents is 2. The lowest BCUT2D eigenvalue weighted by Gasteiger charge is -1.98. The molecule has 2 nitrogen and oxygen atoms in total. The highest BCUT2D eigenvalue weighted by molar-refractivity contribution is 5.26. The van der Waals surface area contributed by atoms with Crippen LogP contribution in [0.1, 0.15) is 50.7 Å². The Morgan fingerprint density at radius 2 is 0.909 bits per heavy atom. The third-order valence-electron chi connectivity index (χ3n) is 3.51. The van der Waals surface area contributed by atoms with Gasteiger partial charge in [0, 0.05) is 0 Å². The quantitative estimate of drug-likeness (QED) is 0.742. The van der Waals surface area contributed by atoms with Crippen molar-refractivity contribution in [1.29, 1.82) is 0 Å². The molecular formula is C20H28O2. The van der Waals surface area contributed by atoms with E-state index in [9.17, 15) is 0 Å². The van der Waals surface area contributed by atoms with E-state index in [4.69, 9.17) is 10.2 Å². The Kier molecular flexibility index (Phi) is 8.82. The minimum Gasteiger partial charge on any atom is -0.508 e. The van der Waals surface area contributed by atoms with Crippen LogP contribution in [0.2, 0.25) is 0 Å². The molecule has 2 N–H and O–H groups in total. The minimum atomic E-state index is 0.352. The molecule has 2 aromatic carbocycles. The van der Waals surface area contributed by atoms with E-state index in [-0.39, 0.29) is 0 Å². The molecule has 0 aromatic heterocycles. The first-order valence-corrected chi connectivity index (χ1v) is 8.21. The van der Waals surface area contributed by atoms with Gasteiger partial charge in [0.2, 0.25) is 0 Å². The zero-order valence-corrected chi connectivity index (χ0v) is 13.8. The number of hydrogen-bond donors (Lipinski definition) is 2. The molecule has 0 unspecified atom stereocenters. The fourth-order valence-corrected chi connectivity index (χ4v) is 2.09. The second-order valence-corrected chi connectivity index (χ2v) is 5.54. The predicted octanol–water partition coefficient (Wildman–Crippen LogP) is 5.47. The molecule has 22 heavy (non-hydrogen) atoms. The van der Waals surface area contributed by atoms with Crippen molar-refractivity contribution in [3.05, 3.63) is 59.7 Å². The summed E-state index contributed by atoms with van der Waals surface area (Å²) in [6.07, 6.45) is 7.14. The van der Waals surface area contributed by atoms with E-state index in [1.54, 1.807) is 24.3 Å². The molecular weight excluding hydrogens is 272 g/mol. The fourth-order valence-electron chi connectivity index (χ4n) is 2.09. The van der Waals surface area contributed by atoms with Crippen LogP contribution in [0.4, 0.5) is 0 Å². The van der Waals surface area contributed by atoms with Crippen LogP contribution in [0, 0.1) is 0 Å². The molecule has 0 atom stereocenters. The number of hydrogen-bond acceptors (Lipinski definition) is 2. The molecule has 0 bridgehead atoms. The van der Waals surface area contributed by atoms with Crippen LogP contribution < -0.4 is 0 Å². The van der Waals surface area contributed by atoms with Crippen LogP contribution in [-0.4, -0.2) is 10.2 Å². The largest absolute Gasteiger partial charge is 0.508 e. The summed E-state index contributed by atoms with van der Waals surface area (Å²) in [5, 5.41) is 18.0. The summed E-state index contributed by atoms with van der Waals surface area (Å²) in [6.45, 7) is 4.36. The molecule has 2 aromatic rings. The van der Waals surface area contributed by atoms with Gasteiger partial charge in [0.25, 0.3) is 0 Å². The highest BCUT2D eigenvalue weighted by Gasteiger charge is 1.92. The maximum absolute atomic E-state index is 8.98. The van der Waals surface area contributed by atoms with E-state index in [1.807, 2.05) is 24.3 Å². The molecule has 2 rings (SSSR count). The van der Waals surface area contributed by atoms with Gasteiger partial charge in [-0.15, -0.1) is 0 Å². The summed E-state index contributed by atoms with van der Waals surface area (Å²) in [6, 6.07) is 14.9. The third kappa shape index (κ3) is 7.72. The molecule has 2 heteroatoms. The van der Waals surface area contributed by atoms with Gasteiger partial charge < -0.3 is 10.2 Å². The summed E-state index contributed by atoms with van der Waals surface area (Å²) >= 11 is 0. The van der Waals surface area contributed by atoms with Crippen molar-refractivity contribution in [3.8, 4) is 11.5 Å². The van der Waals surface area contributed by atoms with Gasteiger partial charge in [-0.3, -0.25) is 0 Å². The first-order valence-electron chi connectivity index (χ1n) is 8.21. The minimum absolute atomic E-state index is 0.352. The Labute approximate surface area is 134 Å². The van der Waals surface area contributed by atoms with E-state index in [0.29, 0.717) is 11.5 Å². The molecule has 0 saturated carbocycles. The van der Waals surface area contributed by atoms with Crippen LogP contribution >= 0.6 is 0 Å². The van der Waals surface area contributed by atoms with E-state index in [1.165, 1.54) is 36.8 Å². The van der Waals surface area contributed by atoms with Crippen molar-refractivity contribution in [1.82, 2.24) is 0 Å². The molecule has 0 aliphatic rings. The van der Waals surface area contributed by atoms with Crippen LogP contribution in [0.3, 0.4) is 0 Å². The smallest absolute Gasteiger partial charge is 0.115 e. The molecule has 0 aliphatic heterocycles. The van der Waals surface area contributed by atoms with Gasteiger partial charge in [-0.1, -0.05) is 51.0 Å². The average molecular weight is 300 g/mol. The maximum Gasteiger partial charge on any atom is 0.115 e. The Morgan fingerprint density at radius 1 is 0.591 bits per heavy atom. The molecule has 0 amide bonds. The van der Waals surface area contributed by atoms with Gasteiger partial charge >= 0.3 is 0 Å². The number of unbranched alkanes of at least 4 members (excludes halogenated alkanes) is 2. The number of aromatic hydroxyl groups is 2. The van der Waals surface area contributed by atoms with Gasteiger partial charge in [0.15, 0.2) is 0 Å². The highest BCUT2D eigenvalue weighted by Crippen LogP contribution is 2.12. The zero-order chi connectivity index (χ0) is 16.2. The van der Waals surface area contributed by atoms with Crippen molar-refractivity contribution in [2.24, 2.45) is 0 Å². The summed E-state index contributed by atoms with van der Waals surface area (Å²) in [7, 11) is 0. The summed E-state index contributed by atoms with van der Waals surface area (Å²) in [4.78, 5) is 0. The molecule has 0 aliphatic carbocycles. The van der Waals surface area contributed by atoms with Gasteiger partial charge in [0.1, 0.15) is 11.5 Å². The van der Waals surface area contributed by atoms with Crippen molar-refractivity contribution < 1.29 is 10.2 Å².